The van der Waals surface area contributed by atoms with Crippen LogP contribution in [0.15, 0.2) is 78.9 Å². The van der Waals surface area contributed by atoms with E-state index in [1.807, 2.05) is 30.3 Å². The van der Waals surface area contributed by atoms with Crippen LogP contribution in [0.4, 0.5) is 0 Å². The lowest BCUT2D eigenvalue weighted by Gasteiger charge is -2.26. The first kappa shape index (κ1) is 17.2. The van der Waals surface area contributed by atoms with Crippen molar-refractivity contribution in [3.8, 4) is 0 Å². The topological polar surface area (TPSA) is 46.2 Å². The molecule has 0 fully saturated rings. The highest BCUT2D eigenvalue weighted by Crippen LogP contribution is 2.29. The first-order chi connectivity index (χ1) is 13.2. The molecule has 1 aliphatic carbocycles. The number of fused-ring (bicyclic) bond motifs is 1. The number of hydrogen-bond donors (Lipinski definition) is 1. The van der Waals surface area contributed by atoms with E-state index in [2.05, 4.69) is 17.4 Å². The average Bonchev–Trinajstić information content (AvgIpc) is 2.74. The summed E-state index contributed by atoms with van der Waals surface area (Å²) in [6.45, 7) is 0. The minimum atomic E-state index is -0.101. The van der Waals surface area contributed by atoms with Gasteiger partial charge in [-0.25, -0.2) is 0 Å². The van der Waals surface area contributed by atoms with Crippen LogP contribution in [0, 0.1) is 0 Å². The SMILES string of the molecule is O=C(N[C@H]1CCCc2ccccc21)c1ccc(C(=O)c2ccccc2)cc1. The fourth-order valence-corrected chi connectivity index (χ4v) is 3.67. The van der Waals surface area contributed by atoms with Crippen molar-refractivity contribution >= 4 is 11.7 Å². The highest BCUT2D eigenvalue weighted by molar-refractivity contribution is 6.09. The molecule has 1 aliphatic rings. The van der Waals surface area contributed by atoms with E-state index in [1.165, 1.54) is 11.1 Å². The van der Waals surface area contributed by atoms with Gasteiger partial charge in [0.05, 0.1) is 6.04 Å². The Morgan fingerprint density at radius 1 is 0.741 bits per heavy atom. The normalized spacial score (nSPS) is 15.6. The Balaban J connectivity index is 1.48. The second-order valence-electron chi connectivity index (χ2n) is 6.89. The summed E-state index contributed by atoms with van der Waals surface area (Å²) in [4.78, 5) is 25.2. The Morgan fingerprint density at radius 3 is 2.15 bits per heavy atom. The number of carbonyl (C=O) groups is 2. The van der Waals surface area contributed by atoms with Crippen molar-refractivity contribution in [3.63, 3.8) is 0 Å². The summed E-state index contributed by atoms with van der Waals surface area (Å²) in [5.74, 6) is -0.140. The second kappa shape index (κ2) is 7.58. The second-order valence-corrected chi connectivity index (χ2v) is 6.89. The van der Waals surface area contributed by atoms with Crippen LogP contribution in [-0.2, 0) is 6.42 Å². The summed E-state index contributed by atoms with van der Waals surface area (Å²) in [7, 11) is 0. The van der Waals surface area contributed by atoms with Crippen molar-refractivity contribution < 1.29 is 9.59 Å². The number of benzene rings is 3. The summed E-state index contributed by atoms with van der Waals surface area (Å²) in [6, 6.07) is 24.4. The zero-order chi connectivity index (χ0) is 18.6. The van der Waals surface area contributed by atoms with Crippen LogP contribution >= 0.6 is 0 Å². The third kappa shape index (κ3) is 3.68. The van der Waals surface area contributed by atoms with E-state index >= 15 is 0 Å². The summed E-state index contributed by atoms with van der Waals surface area (Å²) >= 11 is 0. The molecule has 0 aliphatic heterocycles. The highest BCUT2D eigenvalue weighted by atomic mass is 16.1. The Morgan fingerprint density at radius 2 is 1.37 bits per heavy atom. The van der Waals surface area contributed by atoms with Crippen molar-refractivity contribution in [3.05, 3.63) is 107 Å². The maximum Gasteiger partial charge on any atom is 0.251 e. The number of rotatable bonds is 4. The van der Waals surface area contributed by atoms with Gasteiger partial charge in [-0.05, 0) is 42.5 Å². The summed E-state index contributed by atoms with van der Waals surface area (Å²) in [5.41, 5.74) is 4.34. The molecule has 1 N–H and O–H groups in total. The smallest absolute Gasteiger partial charge is 0.251 e. The van der Waals surface area contributed by atoms with Gasteiger partial charge in [-0.2, -0.15) is 0 Å². The van der Waals surface area contributed by atoms with Crippen LogP contribution in [0.25, 0.3) is 0 Å². The predicted octanol–water partition coefficient (Wildman–Crippen LogP) is 4.73. The molecule has 3 aromatic rings. The highest BCUT2D eigenvalue weighted by Gasteiger charge is 2.22. The lowest BCUT2D eigenvalue weighted by atomic mass is 9.87. The van der Waals surface area contributed by atoms with Crippen molar-refractivity contribution in [2.75, 3.05) is 0 Å². The third-order valence-corrected chi connectivity index (χ3v) is 5.12. The monoisotopic (exact) mass is 355 g/mol. The molecule has 0 unspecified atom stereocenters. The van der Waals surface area contributed by atoms with E-state index in [0.717, 1.165) is 19.3 Å². The summed E-state index contributed by atoms with van der Waals surface area (Å²) < 4.78 is 0. The van der Waals surface area contributed by atoms with Gasteiger partial charge in [0.15, 0.2) is 5.78 Å². The third-order valence-electron chi connectivity index (χ3n) is 5.12. The Bertz CT molecular complexity index is 961. The first-order valence-corrected chi connectivity index (χ1v) is 9.31. The quantitative estimate of drug-likeness (QED) is 0.688. The molecule has 27 heavy (non-hydrogen) atoms. The van der Waals surface area contributed by atoms with E-state index in [9.17, 15) is 9.59 Å². The molecule has 0 spiro atoms. The van der Waals surface area contributed by atoms with E-state index in [-0.39, 0.29) is 17.7 Å². The van der Waals surface area contributed by atoms with Crippen molar-refractivity contribution in [2.24, 2.45) is 0 Å². The summed E-state index contributed by atoms with van der Waals surface area (Å²) in [6.07, 6.45) is 3.10. The molecule has 0 radical (unpaired) electrons. The fourth-order valence-electron chi connectivity index (χ4n) is 3.67. The number of hydrogen-bond acceptors (Lipinski definition) is 2. The van der Waals surface area contributed by atoms with Gasteiger partial charge in [0.25, 0.3) is 5.91 Å². The largest absolute Gasteiger partial charge is 0.345 e. The number of ketones is 1. The van der Waals surface area contributed by atoms with Crippen LogP contribution in [0.1, 0.15) is 56.3 Å². The van der Waals surface area contributed by atoms with Gasteiger partial charge in [-0.15, -0.1) is 0 Å². The minimum absolute atomic E-state index is 0.0382. The maximum atomic E-state index is 12.7. The van der Waals surface area contributed by atoms with Crippen LogP contribution in [0.2, 0.25) is 0 Å². The fraction of sp³-hybridized carbons (Fsp3) is 0.167. The molecule has 0 heterocycles. The van der Waals surface area contributed by atoms with E-state index in [4.69, 9.17) is 0 Å². The molecule has 0 aromatic heterocycles. The molecular weight excluding hydrogens is 334 g/mol. The number of aryl methyl sites for hydroxylation is 1. The lowest BCUT2D eigenvalue weighted by Crippen LogP contribution is -2.31. The van der Waals surface area contributed by atoms with Gasteiger partial charge >= 0.3 is 0 Å². The van der Waals surface area contributed by atoms with E-state index < -0.39 is 0 Å². The zero-order valence-corrected chi connectivity index (χ0v) is 15.0. The molecular formula is C24H21NO2. The predicted molar refractivity (Wildman–Crippen MR) is 106 cm³/mol. The molecule has 3 aromatic carbocycles. The van der Waals surface area contributed by atoms with Gasteiger partial charge in [0.1, 0.15) is 0 Å². The molecule has 0 saturated heterocycles. The molecule has 1 amide bonds. The number of carbonyl (C=O) groups excluding carboxylic acids is 2. The van der Waals surface area contributed by atoms with Gasteiger partial charge in [-0.1, -0.05) is 66.7 Å². The molecule has 3 heteroatoms. The first-order valence-electron chi connectivity index (χ1n) is 9.31. The van der Waals surface area contributed by atoms with Crippen molar-refractivity contribution in [1.29, 1.82) is 0 Å². The number of nitrogens with one attached hydrogen (secondary N) is 1. The van der Waals surface area contributed by atoms with Crippen LogP contribution < -0.4 is 5.32 Å². The molecule has 0 saturated carbocycles. The van der Waals surface area contributed by atoms with Gasteiger partial charge in [0.2, 0.25) is 0 Å². The average molecular weight is 355 g/mol. The van der Waals surface area contributed by atoms with Gasteiger partial charge in [0, 0.05) is 16.7 Å². The van der Waals surface area contributed by atoms with Crippen LogP contribution in [0.5, 0.6) is 0 Å². The Hall–Kier alpha value is -3.20. The van der Waals surface area contributed by atoms with E-state index in [0.29, 0.717) is 16.7 Å². The van der Waals surface area contributed by atoms with Crippen molar-refractivity contribution in [2.45, 2.75) is 25.3 Å². The van der Waals surface area contributed by atoms with Gasteiger partial charge < -0.3 is 5.32 Å². The molecule has 3 nitrogen and oxygen atoms in total. The van der Waals surface area contributed by atoms with E-state index in [1.54, 1.807) is 36.4 Å². The molecule has 0 bridgehead atoms. The maximum absolute atomic E-state index is 12.7. The van der Waals surface area contributed by atoms with Crippen LogP contribution in [0.3, 0.4) is 0 Å². The zero-order valence-electron chi connectivity index (χ0n) is 15.0. The Labute approximate surface area is 159 Å². The van der Waals surface area contributed by atoms with Gasteiger partial charge in [-0.3, -0.25) is 9.59 Å². The Kier molecular flexibility index (Phi) is 4.84. The standard InChI is InChI=1S/C24H21NO2/c26-23(18-8-2-1-3-9-18)19-13-15-20(16-14-19)24(27)25-22-12-6-10-17-7-4-5-11-21(17)22/h1-5,7-9,11,13-16,22H,6,10,12H2,(H,25,27)/t22-/m0/s1. The minimum Gasteiger partial charge on any atom is -0.345 e. The summed E-state index contributed by atoms with van der Waals surface area (Å²) in [5, 5.41) is 3.15. The molecule has 4 rings (SSSR count). The van der Waals surface area contributed by atoms with Crippen LogP contribution in [-0.4, -0.2) is 11.7 Å². The molecule has 134 valence electrons. The number of amides is 1. The lowest BCUT2D eigenvalue weighted by molar-refractivity contribution is 0.0931. The van der Waals surface area contributed by atoms with Crippen molar-refractivity contribution in [1.82, 2.24) is 5.32 Å². The molecule has 1 atom stereocenters.